The monoisotopic (exact) mass is 407 g/mol. The van der Waals surface area contributed by atoms with E-state index in [0.717, 1.165) is 24.4 Å². The minimum absolute atomic E-state index is 0.0220. The molecule has 1 aliphatic heterocycles. The van der Waals surface area contributed by atoms with Gasteiger partial charge in [-0.05, 0) is 25.7 Å². The molecule has 2 aromatic rings. The predicted octanol–water partition coefficient (Wildman–Crippen LogP) is 1.91. The lowest BCUT2D eigenvalue weighted by atomic mass is 9.87. The fourth-order valence-corrected chi connectivity index (χ4v) is 3.98. The van der Waals surface area contributed by atoms with Crippen LogP contribution in [0.25, 0.3) is 0 Å². The van der Waals surface area contributed by atoms with Gasteiger partial charge in [-0.2, -0.15) is 10.2 Å². The molecule has 3 heterocycles. The van der Waals surface area contributed by atoms with Gasteiger partial charge in [-0.15, -0.1) is 0 Å². The first-order valence-corrected chi connectivity index (χ1v) is 10.0. The van der Waals surface area contributed by atoms with E-state index in [9.17, 15) is 4.79 Å². The highest BCUT2D eigenvalue weighted by atomic mass is 16.2. The Hall–Kier alpha value is -3.48. The summed E-state index contributed by atoms with van der Waals surface area (Å²) in [6, 6.07) is 2.22. The van der Waals surface area contributed by atoms with Crippen LogP contribution in [-0.4, -0.2) is 51.0 Å². The first kappa shape index (κ1) is 19.8. The topological polar surface area (TPSA) is 132 Å². The van der Waals surface area contributed by atoms with Gasteiger partial charge in [0.25, 0.3) is 0 Å². The zero-order valence-corrected chi connectivity index (χ0v) is 17.5. The summed E-state index contributed by atoms with van der Waals surface area (Å²) in [6.07, 6.45) is 4.81. The molecule has 2 aromatic heterocycles. The summed E-state index contributed by atoms with van der Waals surface area (Å²) in [5.74, 6) is 2.11. The smallest absolute Gasteiger partial charge is 0.247 e. The Morgan fingerprint density at radius 1 is 1.20 bits per heavy atom. The molecule has 3 N–H and O–H groups in total. The fraction of sp³-hybridized carbons (Fsp3) is 0.500. The lowest BCUT2D eigenvalue weighted by Gasteiger charge is -2.38. The molecule has 0 spiro atoms. The Labute approximate surface area is 175 Å². The molecule has 0 saturated heterocycles. The number of carbonyl (C=O) groups excluding carboxylic acids is 1. The number of aromatic nitrogens is 4. The number of likely N-dealkylation sites (N-methyl/N-ethyl adjacent to an activating group) is 1. The number of hydrogen-bond acceptors (Lipinski definition) is 9. The number of hydrogen-bond donors (Lipinski definition) is 3. The van der Waals surface area contributed by atoms with E-state index in [2.05, 4.69) is 35.9 Å². The van der Waals surface area contributed by atoms with Gasteiger partial charge >= 0.3 is 0 Å². The molecule has 1 aliphatic carbocycles. The van der Waals surface area contributed by atoms with Crippen LogP contribution in [0.2, 0.25) is 0 Å². The molecule has 30 heavy (non-hydrogen) atoms. The molecule has 0 aromatic carbocycles. The molecule has 2 aliphatic rings. The predicted molar refractivity (Wildman–Crippen MR) is 113 cm³/mol. The molecule has 10 heteroatoms. The first-order chi connectivity index (χ1) is 14.4. The number of nitrogens with zero attached hydrogens (tertiary/aromatic N) is 6. The lowest BCUT2D eigenvalue weighted by molar-refractivity contribution is -0.118. The third-order valence-electron chi connectivity index (χ3n) is 5.56. The van der Waals surface area contributed by atoms with Crippen molar-refractivity contribution in [1.29, 1.82) is 5.26 Å². The quantitative estimate of drug-likeness (QED) is 0.680. The molecule has 0 radical (unpaired) electrons. The summed E-state index contributed by atoms with van der Waals surface area (Å²) in [4.78, 5) is 31.8. The summed E-state index contributed by atoms with van der Waals surface area (Å²) in [5, 5.41) is 18.5. The van der Waals surface area contributed by atoms with E-state index >= 15 is 0 Å². The largest absolute Gasteiger partial charge is 0.366 e. The van der Waals surface area contributed by atoms with Crippen molar-refractivity contribution >= 4 is 29.2 Å². The van der Waals surface area contributed by atoms with Gasteiger partial charge in [-0.25, -0.2) is 15.0 Å². The van der Waals surface area contributed by atoms with Crippen LogP contribution < -0.4 is 20.9 Å². The highest BCUT2D eigenvalue weighted by molar-refractivity contribution is 6.03. The number of carbonyl (C=O) groups is 1. The lowest BCUT2D eigenvalue weighted by Crippen LogP contribution is -2.50. The Morgan fingerprint density at radius 3 is 2.57 bits per heavy atom. The fourth-order valence-electron chi connectivity index (χ4n) is 3.98. The van der Waals surface area contributed by atoms with E-state index < -0.39 is 0 Å². The second kappa shape index (κ2) is 7.74. The Morgan fingerprint density at radius 2 is 1.93 bits per heavy atom. The first-order valence-electron chi connectivity index (χ1n) is 10.0. The molecule has 0 bridgehead atoms. The molecule has 1 atom stereocenters. The van der Waals surface area contributed by atoms with Crippen molar-refractivity contribution in [2.24, 2.45) is 5.92 Å². The van der Waals surface area contributed by atoms with Gasteiger partial charge in [-0.1, -0.05) is 13.8 Å². The molecule has 10 nitrogen and oxygen atoms in total. The van der Waals surface area contributed by atoms with Crippen molar-refractivity contribution in [3.8, 4) is 6.07 Å². The molecule has 4 rings (SSSR count). The second-order valence-electron chi connectivity index (χ2n) is 8.17. The van der Waals surface area contributed by atoms with E-state index in [0.29, 0.717) is 23.1 Å². The number of nitrogens with one attached hydrogen (secondary N) is 3. The SMILES string of the molecule is Cc1nc(NC2CC(Nc3cnc(C#N)cn3)C2)nc2c1NC(=O)[C@H](C(C)C)N2C. The third-order valence-corrected chi connectivity index (χ3v) is 5.56. The summed E-state index contributed by atoms with van der Waals surface area (Å²) in [6.45, 7) is 5.93. The van der Waals surface area contributed by atoms with E-state index in [1.54, 1.807) is 6.20 Å². The Bertz CT molecular complexity index is 993. The zero-order valence-electron chi connectivity index (χ0n) is 17.5. The van der Waals surface area contributed by atoms with Crippen LogP contribution in [-0.2, 0) is 4.79 Å². The number of nitriles is 1. The minimum Gasteiger partial charge on any atom is -0.366 e. The summed E-state index contributed by atoms with van der Waals surface area (Å²) in [7, 11) is 1.90. The zero-order chi connectivity index (χ0) is 21.4. The van der Waals surface area contributed by atoms with Gasteiger partial charge in [0.1, 0.15) is 23.6 Å². The molecule has 156 valence electrons. The highest BCUT2D eigenvalue weighted by Gasteiger charge is 2.36. The second-order valence-corrected chi connectivity index (χ2v) is 8.17. The third kappa shape index (κ3) is 3.70. The Kier molecular flexibility index (Phi) is 5.11. The van der Waals surface area contributed by atoms with E-state index in [4.69, 9.17) is 5.26 Å². The number of rotatable bonds is 5. The molecule has 1 amide bonds. The minimum atomic E-state index is -0.259. The van der Waals surface area contributed by atoms with Crippen molar-refractivity contribution in [3.05, 3.63) is 23.8 Å². The maximum absolute atomic E-state index is 12.4. The number of anilines is 4. The van der Waals surface area contributed by atoms with Crippen molar-refractivity contribution in [2.75, 3.05) is 27.9 Å². The standard InChI is InChI=1S/C20H25N9O/c1-10(2)17-19(30)27-16-11(3)24-20(28-18(16)29(17)4)26-13-5-12(6-13)25-15-9-22-14(7-21)8-23-15/h8-10,12-13,17H,5-6H2,1-4H3,(H,23,25)(H,27,30)(H,24,26,28)/t12?,13?,17-/m0/s1. The van der Waals surface area contributed by atoms with Crippen LogP contribution in [0.4, 0.5) is 23.3 Å². The maximum atomic E-state index is 12.4. The normalized spacial score (nSPS) is 22.6. The van der Waals surface area contributed by atoms with Gasteiger partial charge in [0, 0.05) is 19.1 Å². The highest BCUT2D eigenvalue weighted by Crippen LogP contribution is 2.35. The van der Waals surface area contributed by atoms with Crippen LogP contribution in [0.1, 0.15) is 38.1 Å². The van der Waals surface area contributed by atoms with Crippen molar-refractivity contribution in [1.82, 2.24) is 19.9 Å². The average Bonchev–Trinajstić information content (AvgIpc) is 2.67. The summed E-state index contributed by atoms with van der Waals surface area (Å²) >= 11 is 0. The van der Waals surface area contributed by atoms with Gasteiger partial charge in [0.2, 0.25) is 11.9 Å². The number of aryl methyl sites for hydroxylation is 1. The van der Waals surface area contributed by atoms with Crippen LogP contribution in [0.5, 0.6) is 0 Å². The van der Waals surface area contributed by atoms with Crippen LogP contribution >= 0.6 is 0 Å². The van der Waals surface area contributed by atoms with Crippen LogP contribution in [0.15, 0.2) is 12.4 Å². The summed E-state index contributed by atoms with van der Waals surface area (Å²) in [5.41, 5.74) is 1.72. The number of fused-ring (bicyclic) bond motifs is 1. The molecule has 0 unspecified atom stereocenters. The number of amides is 1. The van der Waals surface area contributed by atoms with E-state index in [1.807, 2.05) is 38.8 Å². The van der Waals surface area contributed by atoms with Gasteiger partial charge in [-0.3, -0.25) is 4.79 Å². The van der Waals surface area contributed by atoms with Gasteiger partial charge in [0.15, 0.2) is 11.5 Å². The van der Waals surface area contributed by atoms with Gasteiger partial charge < -0.3 is 20.9 Å². The molecular weight excluding hydrogens is 382 g/mol. The van der Waals surface area contributed by atoms with Crippen LogP contribution in [0.3, 0.4) is 0 Å². The van der Waals surface area contributed by atoms with Crippen LogP contribution in [0, 0.1) is 24.2 Å². The van der Waals surface area contributed by atoms with Crippen molar-refractivity contribution in [2.45, 2.75) is 51.7 Å². The molecular formula is C20H25N9O. The van der Waals surface area contributed by atoms with Crippen molar-refractivity contribution < 1.29 is 4.79 Å². The van der Waals surface area contributed by atoms with E-state index in [1.165, 1.54) is 6.20 Å². The molecule has 1 saturated carbocycles. The maximum Gasteiger partial charge on any atom is 0.247 e. The average molecular weight is 407 g/mol. The van der Waals surface area contributed by atoms with E-state index in [-0.39, 0.29) is 30.0 Å². The molecule has 1 fully saturated rings. The Balaban J connectivity index is 1.40. The van der Waals surface area contributed by atoms with Crippen molar-refractivity contribution in [3.63, 3.8) is 0 Å². The summed E-state index contributed by atoms with van der Waals surface area (Å²) < 4.78 is 0. The van der Waals surface area contributed by atoms with Gasteiger partial charge in [0.05, 0.1) is 18.1 Å².